The Hall–Kier alpha value is -1.00. The molecule has 58 valence electrons. The third-order valence-corrected chi connectivity index (χ3v) is 2.13. The van der Waals surface area contributed by atoms with Gasteiger partial charge >= 0.3 is 0 Å². The quantitative estimate of drug-likeness (QED) is 0.299. The fraction of sp³-hybridized carbons (Fsp3) is 0. The molecular weight excluding hydrogens is 160 g/mol. The highest BCUT2D eigenvalue weighted by molar-refractivity contribution is 8.04. The summed E-state index contributed by atoms with van der Waals surface area (Å²) in [6, 6.07) is 6.70. The number of anilines is 1. The molecule has 0 amide bonds. The van der Waals surface area contributed by atoms with Crippen LogP contribution in [0.3, 0.4) is 0 Å². The van der Waals surface area contributed by atoms with E-state index in [1.807, 2.05) is 0 Å². The summed E-state index contributed by atoms with van der Waals surface area (Å²) in [4.78, 5) is 0.569. The van der Waals surface area contributed by atoms with Crippen LogP contribution in [0.5, 0.6) is 0 Å². The summed E-state index contributed by atoms with van der Waals surface area (Å²) in [6.07, 6.45) is 0. The van der Waals surface area contributed by atoms with E-state index in [-0.39, 0.29) is 0 Å². The Kier molecular flexibility index (Phi) is 2.51. The summed E-state index contributed by atoms with van der Waals surface area (Å²) in [7, 11) is 0. The molecule has 0 bridgehead atoms. The van der Waals surface area contributed by atoms with Crippen LogP contribution >= 0.6 is 0 Å². The molecule has 0 radical (unpaired) electrons. The van der Waals surface area contributed by atoms with Crippen LogP contribution in [0.1, 0.15) is 0 Å². The van der Waals surface area contributed by atoms with Gasteiger partial charge in [0.2, 0.25) is 5.55 Å². The molecule has 0 aliphatic rings. The van der Waals surface area contributed by atoms with Crippen molar-refractivity contribution in [2.75, 3.05) is 5.73 Å². The van der Waals surface area contributed by atoms with Crippen LogP contribution in [0.4, 0.5) is 5.69 Å². The molecule has 1 aromatic carbocycles. The molecule has 0 aromatic heterocycles. The van der Waals surface area contributed by atoms with E-state index in [4.69, 9.17) is 11.1 Å². The van der Waals surface area contributed by atoms with Crippen molar-refractivity contribution in [1.82, 2.24) is 0 Å². The third kappa shape index (κ3) is 1.96. The first-order valence-corrected chi connectivity index (χ1v) is 4.22. The summed E-state index contributed by atoms with van der Waals surface area (Å²) in [5, 5.41) is 6.75. The summed E-state index contributed by atoms with van der Waals surface area (Å²) >= 11 is -1.34. The summed E-state index contributed by atoms with van der Waals surface area (Å²) < 4.78 is 11.0. The zero-order valence-electron chi connectivity index (χ0n) is 5.78. The van der Waals surface area contributed by atoms with Crippen molar-refractivity contribution < 1.29 is 4.55 Å². The lowest BCUT2D eigenvalue weighted by Gasteiger charge is -2.02. The molecule has 11 heavy (non-hydrogen) atoms. The Balaban J connectivity index is 2.95. The van der Waals surface area contributed by atoms with E-state index < -0.39 is 11.2 Å². The zero-order chi connectivity index (χ0) is 8.27. The van der Waals surface area contributed by atoms with Gasteiger partial charge in [0.25, 0.3) is 0 Å². The number of hydrogen-bond donors (Lipinski definition) is 2. The Labute approximate surface area is 67.9 Å². The average molecular weight is 168 g/mol. The van der Waals surface area contributed by atoms with Crippen molar-refractivity contribution in [1.29, 1.82) is 5.41 Å². The van der Waals surface area contributed by atoms with Gasteiger partial charge in [-0.25, -0.2) is 0 Å². The summed E-state index contributed by atoms with van der Waals surface area (Å²) in [6.45, 7) is 0. The van der Waals surface area contributed by atoms with Gasteiger partial charge in [-0.3, -0.25) is 5.41 Å². The fourth-order valence-electron chi connectivity index (χ4n) is 0.708. The lowest BCUT2D eigenvalue weighted by Crippen LogP contribution is -2.01. The summed E-state index contributed by atoms with van der Waals surface area (Å²) in [5.74, 6) is 0. The molecule has 0 aliphatic heterocycles. The van der Waals surface area contributed by atoms with E-state index in [1.54, 1.807) is 24.3 Å². The lowest BCUT2D eigenvalue weighted by atomic mass is 10.3. The second-order valence-corrected chi connectivity index (χ2v) is 3.29. The van der Waals surface area contributed by atoms with Crippen LogP contribution < -0.4 is 5.73 Å². The first kappa shape index (κ1) is 8.10. The predicted molar refractivity (Wildman–Crippen MR) is 46.0 cm³/mol. The van der Waals surface area contributed by atoms with Crippen LogP contribution in [0.25, 0.3) is 0 Å². The predicted octanol–water partition coefficient (Wildman–Crippen LogP) is 0.983. The Morgan fingerprint density at radius 3 is 2.82 bits per heavy atom. The number of nitrogens with one attached hydrogen (secondary N) is 1. The molecule has 0 heterocycles. The van der Waals surface area contributed by atoms with Crippen LogP contribution in [0, 0.1) is 5.41 Å². The maximum atomic E-state index is 11.0. The van der Waals surface area contributed by atoms with Crippen molar-refractivity contribution in [2.24, 2.45) is 0 Å². The number of nitrogens with two attached hydrogens (primary N) is 1. The van der Waals surface area contributed by atoms with Crippen molar-refractivity contribution in [2.45, 2.75) is 4.90 Å². The molecule has 0 aliphatic carbocycles. The molecule has 3 N–H and O–H groups in total. The van der Waals surface area contributed by atoms with Crippen LogP contribution in [0.2, 0.25) is 0 Å². The molecule has 0 saturated carbocycles. The maximum Gasteiger partial charge on any atom is 0.206 e. The highest BCUT2D eigenvalue weighted by Gasteiger charge is 2.05. The molecule has 1 aromatic rings. The maximum absolute atomic E-state index is 11.0. The van der Waals surface area contributed by atoms with Gasteiger partial charge in [0.05, 0.1) is 0 Å². The largest absolute Gasteiger partial charge is 0.606 e. The molecule has 1 unspecified atom stereocenters. The second-order valence-electron chi connectivity index (χ2n) is 1.99. The van der Waals surface area contributed by atoms with E-state index >= 15 is 0 Å². The van der Waals surface area contributed by atoms with E-state index in [2.05, 4.69) is 0 Å². The van der Waals surface area contributed by atoms with Crippen LogP contribution in [-0.2, 0) is 11.2 Å². The Bertz CT molecular complexity index is 264. The monoisotopic (exact) mass is 168 g/mol. The minimum absolute atomic E-state index is 0.567. The van der Waals surface area contributed by atoms with Gasteiger partial charge in [-0.15, -0.1) is 0 Å². The van der Waals surface area contributed by atoms with E-state index in [9.17, 15) is 4.55 Å². The van der Waals surface area contributed by atoms with E-state index in [0.717, 1.165) is 5.55 Å². The highest BCUT2D eigenvalue weighted by atomic mass is 32.2. The molecule has 0 spiro atoms. The molecule has 1 atom stereocenters. The minimum atomic E-state index is -1.34. The molecule has 0 fully saturated rings. The van der Waals surface area contributed by atoms with E-state index in [0.29, 0.717) is 10.6 Å². The smallest absolute Gasteiger partial charge is 0.206 e. The van der Waals surface area contributed by atoms with Crippen molar-refractivity contribution in [3.8, 4) is 0 Å². The topological polar surface area (TPSA) is 72.9 Å². The van der Waals surface area contributed by atoms with Gasteiger partial charge in [-0.2, -0.15) is 0 Å². The first-order valence-electron chi connectivity index (χ1n) is 3.01. The first-order chi connectivity index (χ1) is 5.24. The molecule has 1 rings (SSSR count). The minimum Gasteiger partial charge on any atom is -0.606 e. The highest BCUT2D eigenvalue weighted by Crippen LogP contribution is 2.12. The Morgan fingerprint density at radius 2 is 2.27 bits per heavy atom. The second kappa shape index (κ2) is 3.41. The number of hydrogen-bond acceptors (Lipinski definition) is 3. The van der Waals surface area contributed by atoms with Crippen molar-refractivity contribution in [3.63, 3.8) is 0 Å². The van der Waals surface area contributed by atoms with Crippen molar-refractivity contribution >= 4 is 22.4 Å². The normalized spacial score (nSPS) is 12.5. The number of benzene rings is 1. The molecule has 0 saturated heterocycles. The van der Waals surface area contributed by atoms with Gasteiger partial charge in [-0.05, 0) is 12.1 Å². The Morgan fingerprint density at radius 1 is 1.55 bits per heavy atom. The third-order valence-electron chi connectivity index (χ3n) is 1.20. The van der Waals surface area contributed by atoms with Gasteiger partial charge in [-0.1, -0.05) is 6.07 Å². The van der Waals surface area contributed by atoms with Crippen LogP contribution in [-0.4, -0.2) is 10.1 Å². The molecule has 3 nitrogen and oxygen atoms in total. The average Bonchev–Trinajstić information content (AvgIpc) is 2.03. The number of nitrogen functional groups attached to an aromatic ring is 1. The van der Waals surface area contributed by atoms with Crippen molar-refractivity contribution in [3.05, 3.63) is 24.3 Å². The van der Waals surface area contributed by atoms with Gasteiger partial charge < -0.3 is 10.3 Å². The van der Waals surface area contributed by atoms with Gasteiger partial charge in [0.15, 0.2) is 4.90 Å². The lowest BCUT2D eigenvalue weighted by molar-refractivity contribution is 0.607. The standard InChI is InChI=1S/C7H8N2OS/c8-5-11(10)7-3-1-2-6(9)4-7/h1-5,8H,9H2. The van der Waals surface area contributed by atoms with Gasteiger partial charge in [0, 0.05) is 22.9 Å². The van der Waals surface area contributed by atoms with Crippen LogP contribution in [0.15, 0.2) is 29.2 Å². The number of rotatable bonds is 2. The van der Waals surface area contributed by atoms with Gasteiger partial charge in [0.1, 0.15) is 0 Å². The van der Waals surface area contributed by atoms with E-state index in [1.165, 1.54) is 0 Å². The fourth-order valence-corrected chi connectivity index (χ4v) is 1.31. The summed E-state index contributed by atoms with van der Waals surface area (Å²) in [5.41, 5.74) is 6.89. The SMILES string of the molecule is N=C[S+]([O-])c1cccc(N)c1. The zero-order valence-corrected chi connectivity index (χ0v) is 6.60. The molecular formula is C7H8N2OS. The molecule has 4 heteroatoms.